The van der Waals surface area contributed by atoms with Gasteiger partial charge in [0, 0.05) is 13.1 Å². The molecule has 2 aliphatic rings. The molecule has 0 radical (unpaired) electrons. The Labute approximate surface area is 136 Å². The highest BCUT2D eigenvalue weighted by atomic mass is 32.2. The molecule has 0 aliphatic carbocycles. The van der Waals surface area contributed by atoms with E-state index in [1.807, 2.05) is 12.1 Å². The predicted octanol–water partition coefficient (Wildman–Crippen LogP) is 1.99. The lowest BCUT2D eigenvalue weighted by molar-refractivity contribution is 0.584. The molecule has 1 aromatic heterocycles. The highest BCUT2D eigenvalue weighted by molar-refractivity contribution is 7.93. The van der Waals surface area contributed by atoms with Crippen molar-refractivity contribution in [2.24, 2.45) is 0 Å². The van der Waals surface area contributed by atoms with Crippen LogP contribution in [-0.4, -0.2) is 38.2 Å². The van der Waals surface area contributed by atoms with Crippen molar-refractivity contribution in [2.75, 3.05) is 28.8 Å². The van der Waals surface area contributed by atoms with Gasteiger partial charge < -0.3 is 4.90 Å². The molecule has 6 nitrogen and oxygen atoms in total. The van der Waals surface area contributed by atoms with E-state index in [2.05, 4.69) is 21.2 Å². The van der Waals surface area contributed by atoms with E-state index in [4.69, 9.17) is 0 Å². The lowest BCUT2D eigenvalue weighted by Crippen LogP contribution is -2.46. The molecule has 23 heavy (non-hydrogen) atoms. The molecule has 0 amide bonds. The van der Waals surface area contributed by atoms with E-state index < -0.39 is 10.0 Å². The van der Waals surface area contributed by atoms with Crippen molar-refractivity contribution in [3.8, 4) is 0 Å². The first-order chi connectivity index (χ1) is 11.0. The normalized spacial score (nSPS) is 17.3. The maximum atomic E-state index is 13.2. The monoisotopic (exact) mass is 332 g/mol. The Kier molecular flexibility index (Phi) is 3.16. The summed E-state index contributed by atoms with van der Waals surface area (Å²) in [5.41, 5.74) is 4.25. The summed E-state index contributed by atoms with van der Waals surface area (Å²) in [6.45, 7) is 5.69. The Morgan fingerprint density at radius 3 is 2.74 bits per heavy atom. The zero-order valence-electron chi connectivity index (χ0n) is 13.3. The smallest absolute Gasteiger partial charge is 0.268 e. The van der Waals surface area contributed by atoms with Gasteiger partial charge in [-0.2, -0.15) is 5.10 Å². The lowest BCUT2D eigenvalue weighted by Gasteiger charge is -2.41. The van der Waals surface area contributed by atoms with E-state index in [0.29, 0.717) is 22.8 Å². The second-order valence-corrected chi connectivity index (χ2v) is 8.01. The summed E-state index contributed by atoms with van der Waals surface area (Å²) < 4.78 is 28.0. The molecule has 0 spiro atoms. The molecular formula is C16H20N4O2S. The summed E-state index contributed by atoms with van der Waals surface area (Å²) in [5, 5.41) is 6.83. The van der Waals surface area contributed by atoms with Crippen LogP contribution in [0.3, 0.4) is 0 Å². The highest BCUT2D eigenvalue weighted by Gasteiger charge is 2.36. The van der Waals surface area contributed by atoms with Crippen LogP contribution in [0.5, 0.6) is 0 Å². The molecule has 7 heteroatoms. The fourth-order valence-corrected chi connectivity index (χ4v) is 5.55. The van der Waals surface area contributed by atoms with Crippen molar-refractivity contribution in [3.63, 3.8) is 0 Å². The van der Waals surface area contributed by atoms with Crippen LogP contribution in [0.2, 0.25) is 0 Å². The summed E-state index contributed by atoms with van der Waals surface area (Å²) in [5.74, 6) is 0. The van der Waals surface area contributed by atoms with E-state index in [0.717, 1.165) is 37.3 Å². The van der Waals surface area contributed by atoms with Crippen LogP contribution in [0.4, 0.5) is 11.4 Å². The number of aromatic nitrogens is 2. The number of aromatic amines is 1. The van der Waals surface area contributed by atoms with Crippen molar-refractivity contribution >= 4 is 21.4 Å². The standard InChI is InChI=1S/C16H20N4O2S/c1-11-16(12(2)18-17-11)23(21,22)20-10-9-19-8-4-6-13-5-3-7-14(20)15(13)19/h3,5,7H,4,6,8-10H2,1-2H3,(H,17,18). The fraction of sp³-hybridized carbons (Fsp3) is 0.438. The number of nitrogens with zero attached hydrogens (tertiary/aromatic N) is 3. The predicted molar refractivity (Wildman–Crippen MR) is 89.6 cm³/mol. The second kappa shape index (κ2) is 4.99. The minimum atomic E-state index is -3.60. The number of nitrogens with one attached hydrogen (secondary N) is 1. The van der Waals surface area contributed by atoms with Crippen LogP contribution in [0, 0.1) is 13.8 Å². The number of rotatable bonds is 2. The third-order valence-corrected chi connectivity index (χ3v) is 6.82. The van der Waals surface area contributed by atoms with Gasteiger partial charge in [0.2, 0.25) is 0 Å². The minimum absolute atomic E-state index is 0.305. The van der Waals surface area contributed by atoms with Crippen LogP contribution in [0.15, 0.2) is 23.1 Å². The SMILES string of the molecule is Cc1n[nH]c(C)c1S(=O)(=O)N1CCN2CCCc3cccc1c32. The molecular weight excluding hydrogens is 312 g/mol. The quantitative estimate of drug-likeness (QED) is 0.913. The van der Waals surface area contributed by atoms with Gasteiger partial charge in [-0.15, -0.1) is 0 Å². The van der Waals surface area contributed by atoms with Crippen LogP contribution in [0.25, 0.3) is 0 Å². The Balaban J connectivity index is 1.88. The second-order valence-electron chi connectivity index (χ2n) is 6.22. The molecule has 4 rings (SSSR count). The Morgan fingerprint density at radius 2 is 2.00 bits per heavy atom. The number of aryl methyl sites for hydroxylation is 3. The average molecular weight is 332 g/mol. The Bertz CT molecular complexity index is 853. The first kappa shape index (κ1) is 14.6. The molecule has 122 valence electrons. The van der Waals surface area contributed by atoms with Crippen molar-refractivity contribution in [2.45, 2.75) is 31.6 Å². The van der Waals surface area contributed by atoms with Gasteiger partial charge in [0.1, 0.15) is 4.90 Å². The molecule has 0 bridgehead atoms. The molecule has 0 unspecified atom stereocenters. The number of anilines is 2. The summed E-state index contributed by atoms with van der Waals surface area (Å²) in [6, 6.07) is 5.98. The van der Waals surface area contributed by atoms with Crippen LogP contribution in [0.1, 0.15) is 23.4 Å². The summed E-state index contributed by atoms with van der Waals surface area (Å²) in [4.78, 5) is 2.62. The molecule has 1 aromatic carbocycles. The first-order valence-electron chi connectivity index (χ1n) is 7.91. The van der Waals surface area contributed by atoms with Crippen molar-refractivity contribution in [1.29, 1.82) is 0 Å². The van der Waals surface area contributed by atoms with Gasteiger partial charge in [0.25, 0.3) is 10.0 Å². The van der Waals surface area contributed by atoms with Crippen molar-refractivity contribution < 1.29 is 8.42 Å². The van der Waals surface area contributed by atoms with Crippen molar-refractivity contribution in [1.82, 2.24) is 10.2 Å². The third kappa shape index (κ3) is 2.06. The summed E-state index contributed by atoms with van der Waals surface area (Å²) >= 11 is 0. The molecule has 3 heterocycles. The fourth-order valence-electron chi connectivity index (χ4n) is 3.75. The molecule has 0 atom stereocenters. The maximum absolute atomic E-state index is 13.2. The number of para-hydroxylation sites is 1. The van der Waals surface area contributed by atoms with E-state index in [1.165, 1.54) is 5.56 Å². The summed E-state index contributed by atoms with van der Waals surface area (Å²) in [7, 11) is -3.60. The minimum Gasteiger partial charge on any atom is -0.368 e. The van der Waals surface area contributed by atoms with E-state index in [9.17, 15) is 8.42 Å². The lowest BCUT2D eigenvalue weighted by atomic mass is 9.99. The maximum Gasteiger partial charge on any atom is 0.268 e. The largest absolute Gasteiger partial charge is 0.368 e. The van der Waals surface area contributed by atoms with Crippen LogP contribution in [-0.2, 0) is 16.4 Å². The summed E-state index contributed by atoms with van der Waals surface area (Å²) in [6.07, 6.45) is 2.14. The van der Waals surface area contributed by atoms with E-state index in [1.54, 1.807) is 18.2 Å². The number of benzene rings is 1. The highest BCUT2D eigenvalue weighted by Crippen LogP contribution is 2.41. The van der Waals surface area contributed by atoms with Gasteiger partial charge in [-0.05, 0) is 38.3 Å². The van der Waals surface area contributed by atoms with Gasteiger partial charge in [0.05, 0.1) is 29.3 Å². The molecule has 0 saturated heterocycles. The van der Waals surface area contributed by atoms with Gasteiger partial charge >= 0.3 is 0 Å². The van der Waals surface area contributed by atoms with Crippen molar-refractivity contribution in [3.05, 3.63) is 35.2 Å². The molecule has 2 aromatic rings. The third-order valence-electron chi connectivity index (χ3n) is 4.74. The Hall–Kier alpha value is -2.02. The first-order valence-corrected chi connectivity index (χ1v) is 9.35. The molecule has 2 aliphatic heterocycles. The average Bonchev–Trinajstić information content (AvgIpc) is 2.87. The van der Waals surface area contributed by atoms with Crippen LogP contribution < -0.4 is 9.21 Å². The zero-order chi connectivity index (χ0) is 16.2. The molecule has 1 N–H and O–H groups in total. The van der Waals surface area contributed by atoms with Gasteiger partial charge in [0.15, 0.2) is 0 Å². The molecule has 0 fully saturated rings. The number of H-pyrrole nitrogens is 1. The number of sulfonamides is 1. The van der Waals surface area contributed by atoms with E-state index >= 15 is 0 Å². The number of hydrogen-bond donors (Lipinski definition) is 1. The van der Waals surface area contributed by atoms with Crippen LogP contribution >= 0.6 is 0 Å². The zero-order valence-corrected chi connectivity index (χ0v) is 14.2. The van der Waals surface area contributed by atoms with Gasteiger partial charge in [-0.1, -0.05) is 12.1 Å². The molecule has 0 saturated carbocycles. The Morgan fingerprint density at radius 1 is 1.17 bits per heavy atom. The van der Waals surface area contributed by atoms with Gasteiger partial charge in [-0.25, -0.2) is 8.42 Å². The number of hydrogen-bond acceptors (Lipinski definition) is 4. The van der Waals surface area contributed by atoms with Gasteiger partial charge in [-0.3, -0.25) is 9.40 Å². The van der Waals surface area contributed by atoms with E-state index in [-0.39, 0.29) is 0 Å². The topological polar surface area (TPSA) is 69.3 Å².